The first kappa shape index (κ1) is 27.1. The fraction of sp³-hybridized carbons (Fsp3) is 0.625. The van der Waals surface area contributed by atoms with Gasteiger partial charge in [0.2, 0.25) is 17.7 Å². The summed E-state index contributed by atoms with van der Waals surface area (Å²) in [5.41, 5.74) is 5.56. The van der Waals surface area contributed by atoms with E-state index in [0.29, 0.717) is 0 Å². The third-order valence-electron chi connectivity index (χ3n) is 3.84. The fourth-order valence-electron chi connectivity index (χ4n) is 2.08. The van der Waals surface area contributed by atoms with Crippen LogP contribution in [0.3, 0.4) is 0 Å². The van der Waals surface area contributed by atoms with Crippen molar-refractivity contribution in [1.29, 1.82) is 0 Å². The molecule has 0 aromatic rings. The fourth-order valence-corrected chi connectivity index (χ4v) is 2.34. The Hall–Kier alpha value is -2.87. The molecule has 13 nitrogen and oxygen atoms in total. The van der Waals surface area contributed by atoms with Crippen LogP contribution in [0.2, 0.25) is 0 Å². The summed E-state index contributed by atoms with van der Waals surface area (Å²) in [4.78, 5) is 68.6. The Morgan fingerprint density at radius 2 is 1.30 bits per heavy atom. The number of amides is 3. The molecule has 0 spiro atoms. The molecule has 170 valence electrons. The maximum atomic E-state index is 12.3. The molecule has 0 aliphatic rings. The molecule has 0 fully saturated rings. The van der Waals surface area contributed by atoms with Crippen LogP contribution in [0.1, 0.15) is 32.6 Å². The predicted molar refractivity (Wildman–Crippen MR) is 105 cm³/mol. The number of carboxylic acids is 3. The molecule has 3 amide bonds. The monoisotopic (exact) mass is 450 g/mol. The summed E-state index contributed by atoms with van der Waals surface area (Å²) in [7, 11) is 0. The van der Waals surface area contributed by atoms with Gasteiger partial charge in [0, 0.05) is 18.6 Å². The second-order valence-corrected chi connectivity index (χ2v) is 6.71. The highest BCUT2D eigenvalue weighted by Gasteiger charge is 2.28. The van der Waals surface area contributed by atoms with Crippen molar-refractivity contribution in [2.24, 2.45) is 5.73 Å². The molecule has 4 unspecified atom stereocenters. The van der Waals surface area contributed by atoms with Crippen LogP contribution in [0, 0.1) is 0 Å². The first-order valence-corrected chi connectivity index (χ1v) is 9.46. The number of rotatable bonds is 14. The lowest BCUT2D eigenvalue weighted by Gasteiger charge is -2.22. The van der Waals surface area contributed by atoms with Crippen molar-refractivity contribution in [2.75, 3.05) is 5.75 Å². The molecular weight excluding hydrogens is 424 g/mol. The smallest absolute Gasteiger partial charge is 0.326 e. The Morgan fingerprint density at radius 3 is 1.77 bits per heavy atom. The van der Waals surface area contributed by atoms with E-state index in [2.05, 4.69) is 28.6 Å². The molecule has 0 saturated carbocycles. The number of thiol groups is 1. The van der Waals surface area contributed by atoms with Crippen molar-refractivity contribution >= 4 is 48.3 Å². The second kappa shape index (κ2) is 13.4. The quantitative estimate of drug-likeness (QED) is 0.130. The van der Waals surface area contributed by atoms with Gasteiger partial charge in [-0.3, -0.25) is 24.0 Å². The lowest BCUT2D eigenvalue weighted by Crippen LogP contribution is -2.56. The lowest BCUT2D eigenvalue weighted by atomic mass is 10.1. The van der Waals surface area contributed by atoms with Crippen LogP contribution in [-0.2, 0) is 28.8 Å². The van der Waals surface area contributed by atoms with Crippen LogP contribution in [0.4, 0.5) is 0 Å². The molecule has 0 aliphatic carbocycles. The van der Waals surface area contributed by atoms with E-state index in [9.17, 15) is 28.8 Å². The lowest BCUT2D eigenvalue weighted by molar-refractivity contribution is -0.143. The predicted octanol–water partition coefficient (Wildman–Crippen LogP) is -2.47. The normalized spacial score (nSPS) is 14.5. The van der Waals surface area contributed by atoms with Gasteiger partial charge in [-0.2, -0.15) is 12.6 Å². The Balaban J connectivity index is 4.79. The zero-order valence-corrected chi connectivity index (χ0v) is 17.1. The van der Waals surface area contributed by atoms with Crippen LogP contribution < -0.4 is 21.7 Å². The number of nitrogens with one attached hydrogen (secondary N) is 3. The van der Waals surface area contributed by atoms with Crippen molar-refractivity contribution in [3.63, 3.8) is 0 Å². The first-order chi connectivity index (χ1) is 13.9. The average Bonchev–Trinajstić information content (AvgIpc) is 2.65. The summed E-state index contributed by atoms with van der Waals surface area (Å²) >= 11 is 3.94. The average molecular weight is 450 g/mol. The first-order valence-electron chi connectivity index (χ1n) is 8.83. The van der Waals surface area contributed by atoms with E-state index in [4.69, 9.17) is 21.1 Å². The third-order valence-corrected chi connectivity index (χ3v) is 4.20. The van der Waals surface area contributed by atoms with E-state index >= 15 is 0 Å². The Bertz CT molecular complexity index is 673. The number of aliphatic carboxylic acids is 3. The van der Waals surface area contributed by atoms with Crippen molar-refractivity contribution in [2.45, 2.75) is 56.8 Å². The summed E-state index contributed by atoms with van der Waals surface area (Å²) in [5.74, 6) is -6.41. The molecule has 0 saturated heterocycles. The molecule has 0 bridgehead atoms. The SMILES string of the molecule is CC(NC(=O)C(CS)NC(=O)C(N)CCC(=O)O)C(=O)NC(CCC(=O)O)C(=O)O. The van der Waals surface area contributed by atoms with Crippen molar-refractivity contribution in [3.05, 3.63) is 0 Å². The molecule has 0 aromatic carbocycles. The summed E-state index contributed by atoms with van der Waals surface area (Å²) in [6.45, 7) is 1.26. The molecule has 30 heavy (non-hydrogen) atoms. The molecule has 0 radical (unpaired) electrons. The highest BCUT2D eigenvalue weighted by molar-refractivity contribution is 7.80. The van der Waals surface area contributed by atoms with E-state index in [1.54, 1.807) is 0 Å². The van der Waals surface area contributed by atoms with E-state index in [0.717, 1.165) is 0 Å². The van der Waals surface area contributed by atoms with Gasteiger partial charge in [0.1, 0.15) is 18.1 Å². The van der Waals surface area contributed by atoms with Crippen molar-refractivity contribution < 1.29 is 44.1 Å². The Morgan fingerprint density at radius 1 is 0.800 bits per heavy atom. The molecule has 4 atom stereocenters. The second-order valence-electron chi connectivity index (χ2n) is 6.34. The number of carboxylic acid groups (broad SMARTS) is 3. The van der Waals surface area contributed by atoms with Gasteiger partial charge >= 0.3 is 17.9 Å². The number of carbonyl (C=O) groups is 6. The van der Waals surface area contributed by atoms with Crippen LogP contribution >= 0.6 is 12.6 Å². The molecule has 0 heterocycles. The third kappa shape index (κ3) is 10.6. The van der Waals surface area contributed by atoms with Gasteiger partial charge in [0.25, 0.3) is 0 Å². The van der Waals surface area contributed by atoms with Gasteiger partial charge in [0.05, 0.1) is 6.04 Å². The van der Waals surface area contributed by atoms with Crippen LogP contribution in [0.15, 0.2) is 0 Å². The maximum absolute atomic E-state index is 12.3. The minimum absolute atomic E-state index is 0.145. The van der Waals surface area contributed by atoms with Gasteiger partial charge in [-0.15, -0.1) is 0 Å². The number of carbonyl (C=O) groups excluding carboxylic acids is 3. The highest BCUT2D eigenvalue weighted by Crippen LogP contribution is 2.01. The Labute approximate surface area is 177 Å². The van der Waals surface area contributed by atoms with Gasteiger partial charge in [-0.05, 0) is 19.8 Å². The van der Waals surface area contributed by atoms with Gasteiger partial charge < -0.3 is 37.0 Å². The molecule has 8 N–H and O–H groups in total. The minimum atomic E-state index is -1.46. The minimum Gasteiger partial charge on any atom is -0.481 e. The zero-order valence-electron chi connectivity index (χ0n) is 16.2. The summed E-state index contributed by atoms with van der Waals surface area (Å²) < 4.78 is 0. The number of hydrogen-bond donors (Lipinski definition) is 8. The van der Waals surface area contributed by atoms with Crippen LogP contribution in [-0.4, -0.2) is 80.9 Å². The summed E-state index contributed by atoms with van der Waals surface area (Å²) in [5, 5.41) is 33.0. The number of hydrogen-bond acceptors (Lipinski definition) is 8. The topological polar surface area (TPSA) is 225 Å². The summed E-state index contributed by atoms with van der Waals surface area (Å²) in [6.07, 6.45) is -1.31. The highest BCUT2D eigenvalue weighted by atomic mass is 32.1. The van der Waals surface area contributed by atoms with Gasteiger partial charge in [-0.1, -0.05) is 0 Å². The molecular formula is C16H26N4O9S. The molecule has 0 aliphatic heterocycles. The van der Waals surface area contributed by atoms with Crippen molar-refractivity contribution in [3.8, 4) is 0 Å². The van der Waals surface area contributed by atoms with E-state index in [-0.39, 0.29) is 25.0 Å². The molecule has 14 heteroatoms. The largest absolute Gasteiger partial charge is 0.481 e. The van der Waals surface area contributed by atoms with E-state index in [1.165, 1.54) is 6.92 Å². The van der Waals surface area contributed by atoms with Gasteiger partial charge in [0.15, 0.2) is 0 Å². The molecule has 0 rings (SSSR count). The van der Waals surface area contributed by atoms with Crippen LogP contribution in [0.25, 0.3) is 0 Å². The van der Waals surface area contributed by atoms with Gasteiger partial charge in [-0.25, -0.2) is 4.79 Å². The molecule has 0 aromatic heterocycles. The Kier molecular flexibility index (Phi) is 12.1. The maximum Gasteiger partial charge on any atom is 0.326 e. The zero-order chi connectivity index (χ0) is 23.4. The number of nitrogens with two attached hydrogens (primary N) is 1. The van der Waals surface area contributed by atoms with Crippen molar-refractivity contribution in [1.82, 2.24) is 16.0 Å². The van der Waals surface area contributed by atoms with Crippen LogP contribution in [0.5, 0.6) is 0 Å². The standard InChI is InChI=1S/C16H26N4O9S/c1-7(13(25)19-9(16(28)29)3-5-12(23)24)18-15(27)10(6-30)20-14(26)8(17)2-4-11(21)22/h7-10,30H,2-6,17H2,1H3,(H,18,27)(H,19,25)(H,20,26)(H,21,22)(H,23,24)(H,28,29). The summed E-state index contributed by atoms with van der Waals surface area (Å²) in [6, 6.07) is -5.01. The van der Waals surface area contributed by atoms with E-state index < -0.39 is 66.2 Å². The van der Waals surface area contributed by atoms with E-state index in [1.807, 2.05) is 0 Å².